The normalized spacial score (nSPS) is 16.1. The molecule has 0 atom stereocenters. The van der Waals surface area contributed by atoms with Crippen LogP contribution in [0.5, 0.6) is 5.75 Å². The number of hydrogen-bond acceptors (Lipinski definition) is 3. The zero-order chi connectivity index (χ0) is 14.7. The number of phenolic OH excluding ortho intramolecular Hbond substituents is 1. The molecule has 1 N–H and O–H groups in total. The highest BCUT2D eigenvalue weighted by Crippen LogP contribution is 2.19. The van der Waals surface area contributed by atoms with Crippen molar-refractivity contribution in [2.24, 2.45) is 0 Å². The lowest BCUT2D eigenvalue weighted by molar-refractivity contribution is 0.249. The second-order valence-corrected chi connectivity index (χ2v) is 5.38. The Balaban J connectivity index is 1.57. The average molecular weight is 286 g/mol. The minimum Gasteiger partial charge on any atom is -0.505 e. The second-order valence-electron chi connectivity index (χ2n) is 5.38. The van der Waals surface area contributed by atoms with Gasteiger partial charge in [-0.2, -0.15) is 0 Å². The maximum absolute atomic E-state index is 13.3. The average Bonchev–Trinajstić information content (AvgIpc) is 2.53. The van der Waals surface area contributed by atoms with Gasteiger partial charge in [-0.25, -0.2) is 4.39 Å². The highest BCUT2D eigenvalue weighted by atomic mass is 19.1. The fourth-order valence-electron chi connectivity index (χ4n) is 2.71. The molecule has 0 bridgehead atoms. The first-order valence-electron chi connectivity index (χ1n) is 7.22. The fourth-order valence-corrected chi connectivity index (χ4v) is 2.71. The van der Waals surface area contributed by atoms with Gasteiger partial charge in [0, 0.05) is 38.4 Å². The van der Waals surface area contributed by atoms with Crippen LogP contribution in [0.1, 0.15) is 5.56 Å². The predicted octanol–water partition coefficient (Wildman–Crippen LogP) is 2.85. The Bertz CT molecular complexity index is 595. The van der Waals surface area contributed by atoms with Crippen molar-refractivity contribution in [1.82, 2.24) is 4.90 Å². The van der Waals surface area contributed by atoms with Crippen molar-refractivity contribution >= 4 is 5.69 Å². The summed E-state index contributed by atoms with van der Waals surface area (Å²) in [5.41, 5.74) is 2.16. The van der Waals surface area contributed by atoms with E-state index >= 15 is 0 Å². The third kappa shape index (κ3) is 3.34. The van der Waals surface area contributed by atoms with Crippen molar-refractivity contribution in [3.05, 3.63) is 59.9 Å². The van der Waals surface area contributed by atoms with Gasteiger partial charge in [0.2, 0.25) is 0 Å². The van der Waals surface area contributed by atoms with E-state index in [1.807, 2.05) is 6.07 Å². The lowest BCUT2D eigenvalue weighted by atomic mass is 10.1. The molecule has 21 heavy (non-hydrogen) atoms. The molecule has 0 spiro atoms. The van der Waals surface area contributed by atoms with Crippen LogP contribution in [0.15, 0.2) is 48.5 Å². The molecule has 110 valence electrons. The van der Waals surface area contributed by atoms with E-state index in [0.717, 1.165) is 38.3 Å². The minimum absolute atomic E-state index is 0.285. The number of phenols is 1. The molecule has 2 aromatic rings. The monoisotopic (exact) mass is 286 g/mol. The van der Waals surface area contributed by atoms with E-state index in [-0.39, 0.29) is 5.75 Å². The van der Waals surface area contributed by atoms with Gasteiger partial charge in [0.25, 0.3) is 0 Å². The first kappa shape index (κ1) is 13.9. The lowest BCUT2D eigenvalue weighted by Crippen LogP contribution is -2.45. The van der Waals surface area contributed by atoms with Gasteiger partial charge in [0.15, 0.2) is 11.6 Å². The summed E-state index contributed by atoms with van der Waals surface area (Å²) in [6.45, 7) is 4.59. The highest BCUT2D eigenvalue weighted by Gasteiger charge is 2.17. The molecule has 0 unspecified atom stereocenters. The van der Waals surface area contributed by atoms with Crippen molar-refractivity contribution in [3.63, 3.8) is 0 Å². The Hall–Kier alpha value is -2.07. The summed E-state index contributed by atoms with van der Waals surface area (Å²) in [6.07, 6.45) is 0. The SMILES string of the molecule is Oc1ccc(CN2CCN(c3ccccc3)CC2)cc1F. The highest BCUT2D eigenvalue weighted by molar-refractivity contribution is 5.46. The van der Waals surface area contributed by atoms with Crippen molar-refractivity contribution in [2.75, 3.05) is 31.1 Å². The van der Waals surface area contributed by atoms with Gasteiger partial charge in [-0.15, -0.1) is 0 Å². The number of hydrogen-bond donors (Lipinski definition) is 1. The lowest BCUT2D eigenvalue weighted by Gasteiger charge is -2.36. The Morgan fingerprint density at radius 3 is 2.33 bits per heavy atom. The van der Waals surface area contributed by atoms with E-state index in [9.17, 15) is 9.50 Å². The van der Waals surface area contributed by atoms with Gasteiger partial charge in [-0.05, 0) is 29.8 Å². The van der Waals surface area contributed by atoms with Crippen LogP contribution in [-0.2, 0) is 6.54 Å². The van der Waals surface area contributed by atoms with E-state index in [1.54, 1.807) is 6.07 Å². The molecule has 3 rings (SSSR count). The molecule has 4 heteroatoms. The van der Waals surface area contributed by atoms with Crippen molar-refractivity contribution in [1.29, 1.82) is 0 Å². The molecule has 1 saturated heterocycles. The zero-order valence-electron chi connectivity index (χ0n) is 11.9. The predicted molar refractivity (Wildman–Crippen MR) is 82.0 cm³/mol. The van der Waals surface area contributed by atoms with Crippen LogP contribution in [0, 0.1) is 5.82 Å². The molecule has 0 saturated carbocycles. The molecular weight excluding hydrogens is 267 g/mol. The van der Waals surface area contributed by atoms with Gasteiger partial charge >= 0.3 is 0 Å². The number of halogens is 1. The van der Waals surface area contributed by atoms with E-state index in [4.69, 9.17) is 0 Å². The van der Waals surface area contributed by atoms with Crippen LogP contribution in [0.4, 0.5) is 10.1 Å². The second kappa shape index (κ2) is 6.14. The molecule has 0 radical (unpaired) electrons. The summed E-state index contributed by atoms with van der Waals surface area (Å²) in [4.78, 5) is 4.68. The Morgan fingerprint density at radius 2 is 1.67 bits per heavy atom. The zero-order valence-corrected chi connectivity index (χ0v) is 11.9. The number of rotatable bonds is 3. The first-order chi connectivity index (χ1) is 10.2. The summed E-state index contributed by atoms with van der Waals surface area (Å²) >= 11 is 0. The molecule has 3 nitrogen and oxygen atoms in total. The van der Waals surface area contributed by atoms with Crippen LogP contribution in [-0.4, -0.2) is 36.2 Å². The molecule has 2 aromatic carbocycles. The smallest absolute Gasteiger partial charge is 0.165 e. The minimum atomic E-state index is -0.546. The first-order valence-corrected chi connectivity index (χ1v) is 7.22. The van der Waals surface area contributed by atoms with Crippen LogP contribution in [0.3, 0.4) is 0 Å². The number of piperazine rings is 1. The van der Waals surface area contributed by atoms with E-state index in [0.29, 0.717) is 0 Å². The van der Waals surface area contributed by atoms with E-state index in [1.165, 1.54) is 17.8 Å². The summed E-state index contributed by atoms with van der Waals surface area (Å²) in [5.74, 6) is -0.830. The molecular formula is C17H19FN2O. The van der Waals surface area contributed by atoms with Gasteiger partial charge in [-0.1, -0.05) is 24.3 Å². The van der Waals surface area contributed by atoms with Crippen LogP contribution < -0.4 is 4.90 Å². The molecule has 1 aliphatic heterocycles. The fraction of sp³-hybridized carbons (Fsp3) is 0.294. The maximum Gasteiger partial charge on any atom is 0.165 e. The quantitative estimate of drug-likeness (QED) is 0.940. The van der Waals surface area contributed by atoms with Crippen molar-refractivity contribution < 1.29 is 9.50 Å². The molecule has 0 aliphatic carbocycles. The summed E-state index contributed by atoms with van der Waals surface area (Å²) in [6, 6.07) is 15.0. The van der Waals surface area contributed by atoms with E-state index in [2.05, 4.69) is 34.1 Å². The molecule has 1 fully saturated rings. The number of benzene rings is 2. The Labute approximate surface area is 124 Å². The summed E-state index contributed by atoms with van der Waals surface area (Å²) in [5, 5.41) is 9.22. The summed E-state index contributed by atoms with van der Waals surface area (Å²) < 4.78 is 13.3. The van der Waals surface area contributed by atoms with Gasteiger partial charge in [-0.3, -0.25) is 4.90 Å². The number of anilines is 1. The van der Waals surface area contributed by atoms with Crippen molar-refractivity contribution in [2.45, 2.75) is 6.54 Å². The third-order valence-electron chi connectivity index (χ3n) is 3.91. The van der Waals surface area contributed by atoms with Crippen LogP contribution >= 0.6 is 0 Å². The Kier molecular flexibility index (Phi) is 4.06. The molecule has 1 aliphatic rings. The molecule has 0 amide bonds. The van der Waals surface area contributed by atoms with Crippen molar-refractivity contribution in [3.8, 4) is 5.75 Å². The number of para-hydroxylation sites is 1. The topological polar surface area (TPSA) is 26.7 Å². The molecule has 0 aromatic heterocycles. The standard InChI is InChI=1S/C17H19FN2O/c18-16-12-14(6-7-17(16)21)13-19-8-10-20(11-9-19)15-4-2-1-3-5-15/h1-7,12,21H,8-11,13H2. The van der Waals surface area contributed by atoms with Gasteiger partial charge in [0.1, 0.15) is 0 Å². The van der Waals surface area contributed by atoms with E-state index < -0.39 is 5.82 Å². The third-order valence-corrected chi connectivity index (χ3v) is 3.91. The number of aromatic hydroxyl groups is 1. The van der Waals surface area contributed by atoms with Crippen LogP contribution in [0.2, 0.25) is 0 Å². The maximum atomic E-state index is 13.3. The molecule has 1 heterocycles. The largest absolute Gasteiger partial charge is 0.505 e. The van der Waals surface area contributed by atoms with Crippen LogP contribution in [0.25, 0.3) is 0 Å². The van der Waals surface area contributed by atoms with Gasteiger partial charge in [0.05, 0.1) is 0 Å². The summed E-state index contributed by atoms with van der Waals surface area (Å²) in [7, 11) is 0. The van der Waals surface area contributed by atoms with Gasteiger partial charge < -0.3 is 10.0 Å². The number of nitrogens with zero attached hydrogens (tertiary/aromatic N) is 2. The Morgan fingerprint density at radius 1 is 0.952 bits per heavy atom.